The molecule has 0 atom stereocenters. The van der Waals surface area contributed by atoms with Gasteiger partial charge in [-0.1, -0.05) is 6.07 Å². The van der Waals surface area contributed by atoms with E-state index in [4.69, 9.17) is 18.1 Å². The molecule has 0 saturated heterocycles. The van der Waals surface area contributed by atoms with Crippen molar-refractivity contribution < 1.29 is 27.2 Å². The average Bonchev–Trinajstić information content (AvgIpc) is 2.50. The number of nitrogens with zero attached hydrogens (tertiary/aromatic N) is 1. The van der Waals surface area contributed by atoms with E-state index in [0.29, 0.717) is 0 Å². The van der Waals surface area contributed by atoms with Crippen LogP contribution < -0.4 is 0 Å². The molecule has 0 amide bonds. The minimum atomic E-state index is -3.88. The molecule has 0 N–H and O–H groups in total. The molecule has 0 aliphatic carbocycles. The molecule has 1 heterocycles. The summed E-state index contributed by atoms with van der Waals surface area (Å²) < 4.78 is 51.0. The summed E-state index contributed by atoms with van der Waals surface area (Å²) in [7, 11) is -7.76. The first-order chi connectivity index (χ1) is 12.9. The van der Waals surface area contributed by atoms with E-state index >= 15 is 0 Å². The normalized spacial score (nSPS) is 13.5. The number of hydrogen-bond acceptors (Lipinski definition) is 7. The summed E-state index contributed by atoms with van der Waals surface area (Å²) in [6.07, 6.45) is 1.82. The van der Waals surface area contributed by atoms with Crippen LogP contribution in [0.25, 0.3) is 0 Å². The third-order valence-corrected chi connectivity index (χ3v) is 9.69. The number of hydrogen-bond donors (Lipinski definition) is 0. The summed E-state index contributed by atoms with van der Waals surface area (Å²) >= 11 is 0. The lowest BCUT2D eigenvalue weighted by Crippen LogP contribution is -2.25. The Kier molecular flexibility index (Phi) is 10.0. The van der Waals surface area contributed by atoms with E-state index in [-0.39, 0.29) is 6.42 Å². The van der Waals surface area contributed by atoms with E-state index in [1.54, 1.807) is 73.8 Å². The van der Waals surface area contributed by atoms with Crippen LogP contribution in [0.4, 0.5) is 0 Å². The average molecular weight is 435 g/mol. The van der Waals surface area contributed by atoms with Crippen molar-refractivity contribution in [2.75, 3.05) is 0 Å². The molecular weight excluding hydrogens is 400 g/mol. The molecule has 0 aliphatic rings. The van der Waals surface area contributed by atoms with E-state index in [1.807, 2.05) is 6.07 Å². The lowest BCUT2D eigenvalue weighted by atomic mass is 10.2. The first-order valence-corrected chi connectivity index (χ1v) is 12.9. The van der Waals surface area contributed by atoms with Crippen LogP contribution in [0.3, 0.4) is 0 Å². The molecule has 0 aliphatic heterocycles. The molecule has 0 bridgehead atoms. The van der Waals surface area contributed by atoms with E-state index in [9.17, 15) is 9.13 Å². The molecule has 0 fully saturated rings. The van der Waals surface area contributed by atoms with Crippen LogP contribution in [0, 0.1) is 0 Å². The molecule has 0 saturated carbocycles. The highest BCUT2D eigenvalue weighted by Crippen LogP contribution is 2.72. The molecular formula is C19H35NO6P2. The predicted molar refractivity (Wildman–Crippen MR) is 112 cm³/mol. The zero-order valence-corrected chi connectivity index (χ0v) is 20.0. The number of pyridine rings is 1. The smallest absolute Gasteiger partial charge is 0.305 e. The SMILES string of the molecule is CC(C)OP(=O)(OC(C)C)C(Cc1cccnc1)P(=O)(OC(C)C)OC(C)C. The molecule has 162 valence electrons. The monoisotopic (exact) mass is 435 g/mol. The minimum Gasteiger partial charge on any atom is -0.305 e. The molecule has 1 aromatic rings. The van der Waals surface area contributed by atoms with Crippen molar-refractivity contribution in [3.05, 3.63) is 30.1 Å². The van der Waals surface area contributed by atoms with Crippen molar-refractivity contribution in [2.45, 2.75) is 91.6 Å². The Bertz CT molecular complexity index is 612. The van der Waals surface area contributed by atoms with Gasteiger partial charge in [0, 0.05) is 12.4 Å². The number of rotatable bonds is 12. The maximum Gasteiger partial charge on any atom is 0.346 e. The van der Waals surface area contributed by atoms with Crippen LogP contribution in [0.5, 0.6) is 0 Å². The zero-order chi connectivity index (χ0) is 21.5. The quantitative estimate of drug-likeness (QED) is 0.370. The van der Waals surface area contributed by atoms with E-state index in [0.717, 1.165) is 5.56 Å². The Morgan fingerprint density at radius 1 is 0.786 bits per heavy atom. The summed E-state index contributed by atoms with van der Waals surface area (Å²) in [4.78, 5) is 4.10. The number of aromatic nitrogens is 1. The van der Waals surface area contributed by atoms with Gasteiger partial charge in [-0.05, 0) is 73.4 Å². The Labute approximate surface area is 169 Å². The summed E-state index contributed by atoms with van der Waals surface area (Å²) in [6, 6.07) is 3.59. The van der Waals surface area contributed by atoms with Crippen molar-refractivity contribution in [3.63, 3.8) is 0 Å². The molecule has 1 rings (SSSR count). The van der Waals surface area contributed by atoms with Crippen LogP contribution in [-0.4, -0.2) is 34.8 Å². The molecule has 0 spiro atoms. The highest BCUT2D eigenvalue weighted by Gasteiger charge is 2.52. The standard InChI is InChI=1S/C19H35NO6P2/c1-14(2)23-27(21,24-15(3)4)19(12-18-10-9-11-20-13-18)28(22,25-16(5)6)26-17(7)8/h9-11,13-17,19H,12H2,1-8H3. The minimum absolute atomic E-state index is 0.126. The summed E-state index contributed by atoms with van der Waals surface area (Å²) in [5.74, 6) is 0. The van der Waals surface area contributed by atoms with Crippen molar-refractivity contribution in [3.8, 4) is 0 Å². The van der Waals surface area contributed by atoms with Crippen molar-refractivity contribution in [2.24, 2.45) is 0 Å². The molecule has 28 heavy (non-hydrogen) atoms. The second-order valence-corrected chi connectivity index (χ2v) is 12.4. The highest BCUT2D eigenvalue weighted by atomic mass is 31.2. The van der Waals surface area contributed by atoms with Crippen LogP contribution >= 0.6 is 15.2 Å². The third kappa shape index (κ3) is 8.06. The Hall–Kier alpha value is -0.550. The Morgan fingerprint density at radius 2 is 1.18 bits per heavy atom. The molecule has 0 unspecified atom stereocenters. The molecule has 7 nitrogen and oxygen atoms in total. The van der Waals surface area contributed by atoms with Crippen LogP contribution in [0.1, 0.15) is 61.0 Å². The van der Waals surface area contributed by atoms with Gasteiger partial charge >= 0.3 is 15.2 Å². The second-order valence-electron chi connectivity index (χ2n) is 7.74. The maximum atomic E-state index is 14.0. The summed E-state index contributed by atoms with van der Waals surface area (Å²) in [5, 5.41) is -1.11. The fraction of sp³-hybridized carbons (Fsp3) is 0.737. The van der Waals surface area contributed by atoms with Gasteiger partial charge in [-0.25, -0.2) is 0 Å². The zero-order valence-electron chi connectivity index (χ0n) is 18.2. The highest BCUT2D eigenvalue weighted by molar-refractivity contribution is 7.72. The van der Waals surface area contributed by atoms with Gasteiger partial charge in [-0.15, -0.1) is 0 Å². The van der Waals surface area contributed by atoms with E-state index in [1.165, 1.54) is 0 Å². The lowest BCUT2D eigenvalue weighted by molar-refractivity contribution is 0.122. The van der Waals surface area contributed by atoms with Gasteiger partial charge in [0.1, 0.15) is 0 Å². The van der Waals surface area contributed by atoms with Gasteiger partial charge in [0.2, 0.25) is 0 Å². The summed E-state index contributed by atoms with van der Waals surface area (Å²) in [5.41, 5.74) is 0.743. The fourth-order valence-electron chi connectivity index (χ4n) is 2.63. The molecule has 0 aromatic carbocycles. The first kappa shape index (κ1) is 25.5. The predicted octanol–water partition coefficient (Wildman–Crippen LogP) is 6.04. The fourth-order valence-corrected chi connectivity index (χ4v) is 8.55. The largest absolute Gasteiger partial charge is 0.346 e. The second kappa shape index (κ2) is 11.0. The van der Waals surface area contributed by atoms with Gasteiger partial charge in [0.25, 0.3) is 0 Å². The van der Waals surface area contributed by atoms with Crippen LogP contribution in [0.15, 0.2) is 24.5 Å². The van der Waals surface area contributed by atoms with Gasteiger partial charge in [-0.3, -0.25) is 14.1 Å². The Morgan fingerprint density at radius 3 is 1.46 bits per heavy atom. The van der Waals surface area contributed by atoms with Gasteiger partial charge in [0.05, 0.1) is 24.4 Å². The van der Waals surface area contributed by atoms with Gasteiger partial charge < -0.3 is 18.1 Å². The molecule has 0 radical (unpaired) electrons. The van der Waals surface area contributed by atoms with Crippen molar-refractivity contribution in [1.29, 1.82) is 0 Å². The van der Waals surface area contributed by atoms with Crippen molar-refractivity contribution >= 4 is 15.2 Å². The van der Waals surface area contributed by atoms with Gasteiger partial charge in [0.15, 0.2) is 5.40 Å². The summed E-state index contributed by atoms with van der Waals surface area (Å²) in [6.45, 7) is 14.1. The van der Waals surface area contributed by atoms with Crippen molar-refractivity contribution in [1.82, 2.24) is 4.98 Å². The van der Waals surface area contributed by atoms with E-state index in [2.05, 4.69) is 4.98 Å². The Balaban J connectivity index is 3.53. The van der Waals surface area contributed by atoms with Crippen LogP contribution in [0.2, 0.25) is 0 Å². The molecule has 1 aromatic heterocycles. The van der Waals surface area contributed by atoms with E-state index < -0.39 is 45.0 Å². The molecule has 9 heteroatoms. The third-order valence-electron chi connectivity index (χ3n) is 3.30. The van der Waals surface area contributed by atoms with Gasteiger partial charge in [-0.2, -0.15) is 0 Å². The lowest BCUT2D eigenvalue weighted by Gasteiger charge is -2.35. The van der Waals surface area contributed by atoms with Crippen LogP contribution in [-0.2, 0) is 33.6 Å². The maximum absolute atomic E-state index is 14.0. The first-order valence-electron chi connectivity index (χ1n) is 9.70. The topological polar surface area (TPSA) is 84.0 Å².